The van der Waals surface area contributed by atoms with Gasteiger partial charge in [0.15, 0.2) is 0 Å². The van der Waals surface area contributed by atoms with Gasteiger partial charge in [0, 0.05) is 27.5 Å². The number of hydrogen-bond acceptors (Lipinski definition) is 2. The summed E-state index contributed by atoms with van der Waals surface area (Å²) in [5.74, 6) is 0. The largest absolute Gasteiger partial charge is 0.456 e. The van der Waals surface area contributed by atoms with Crippen LogP contribution in [0.2, 0.25) is 0 Å². The number of hydrogen-bond donors (Lipinski definition) is 0. The maximum atomic E-state index is 6.33. The maximum absolute atomic E-state index is 6.33. The lowest BCUT2D eigenvalue weighted by atomic mass is 9.89. The first kappa shape index (κ1) is 31.6. The molecule has 10 rings (SSSR count). The van der Waals surface area contributed by atoms with Crippen molar-refractivity contribution in [3.05, 3.63) is 212 Å². The fraction of sp³-hybridized carbons (Fsp3) is 0. The average Bonchev–Trinajstić information content (AvgIpc) is 3.64. The number of furan rings is 1. The Labute approximate surface area is 314 Å². The molecule has 0 saturated carbocycles. The summed E-state index contributed by atoms with van der Waals surface area (Å²) in [6.45, 7) is 0. The van der Waals surface area contributed by atoms with Crippen LogP contribution in [0.5, 0.6) is 0 Å². The summed E-state index contributed by atoms with van der Waals surface area (Å²) >= 11 is 0. The third-order valence-corrected chi connectivity index (χ3v) is 10.5. The molecule has 0 aliphatic carbocycles. The number of benzene rings is 9. The molecule has 0 radical (unpaired) electrons. The van der Waals surface area contributed by atoms with E-state index < -0.39 is 0 Å². The molecule has 0 spiro atoms. The lowest BCUT2D eigenvalue weighted by molar-refractivity contribution is 0.669. The van der Waals surface area contributed by atoms with E-state index in [9.17, 15) is 0 Å². The van der Waals surface area contributed by atoms with E-state index in [1.54, 1.807) is 0 Å². The first-order chi connectivity index (χ1) is 26.8. The molecule has 0 N–H and O–H groups in total. The molecule has 0 atom stereocenters. The molecule has 0 amide bonds. The molecular weight excluding hydrogens is 655 g/mol. The number of anilines is 3. The highest BCUT2D eigenvalue weighted by Crippen LogP contribution is 2.44. The molecule has 0 aliphatic rings. The van der Waals surface area contributed by atoms with Crippen LogP contribution < -0.4 is 4.90 Å². The van der Waals surface area contributed by atoms with E-state index in [2.05, 4.69) is 205 Å². The van der Waals surface area contributed by atoms with Crippen LogP contribution in [-0.4, -0.2) is 0 Å². The zero-order valence-electron chi connectivity index (χ0n) is 29.6. The zero-order chi connectivity index (χ0) is 35.8. The Morgan fingerprint density at radius 2 is 0.852 bits per heavy atom. The van der Waals surface area contributed by atoms with Crippen LogP contribution in [0.1, 0.15) is 0 Å². The minimum atomic E-state index is 0.896. The van der Waals surface area contributed by atoms with Crippen molar-refractivity contribution in [1.29, 1.82) is 0 Å². The van der Waals surface area contributed by atoms with Gasteiger partial charge in [0.25, 0.3) is 0 Å². The van der Waals surface area contributed by atoms with Gasteiger partial charge in [0.05, 0.1) is 5.69 Å². The predicted octanol–water partition coefficient (Wildman–Crippen LogP) is 14.9. The molecule has 2 heteroatoms. The molecule has 9 aromatic carbocycles. The minimum Gasteiger partial charge on any atom is -0.456 e. The summed E-state index contributed by atoms with van der Waals surface area (Å²) in [4.78, 5) is 2.37. The summed E-state index contributed by atoms with van der Waals surface area (Å²) in [5.41, 5.74) is 14.6. The standard InChI is InChI=1S/C52H35NO/c1-3-13-36(14-4-1)37-25-30-42(31-26-37)53(49-22-11-18-40-17-7-8-19-45(40)49)43-32-27-38(28-33-43)41-29-34-44(39-15-5-2-6-16-39)48(35-41)46-21-12-24-51-52(46)47-20-9-10-23-50(47)54-51/h1-35H. The van der Waals surface area contributed by atoms with Crippen molar-refractivity contribution in [1.82, 2.24) is 0 Å². The molecule has 54 heavy (non-hydrogen) atoms. The Kier molecular flexibility index (Phi) is 7.85. The van der Waals surface area contributed by atoms with Gasteiger partial charge in [-0.1, -0.05) is 164 Å². The van der Waals surface area contributed by atoms with Crippen LogP contribution in [0.25, 0.3) is 77.2 Å². The normalized spacial score (nSPS) is 11.3. The fourth-order valence-corrected chi connectivity index (χ4v) is 7.88. The average molecular weight is 690 g/mol. The lowest BCUT2D eigenvalue weighted by Gasteiger charge is -2.27. The lowest BCUT2D eigenvalue weighted by Crippen LogP contribution is -2.10. The molecule has 2 nitrogen and oxygen atoms in total. The molecule has 254 valence electrons. The van der Waals surface area contributed by atoms with Gasteiger partial charge in [0.1, 0.15) is 11.2 Å². The number of rotatable bonds is 7. The summed E-state index contributed by atoms with van der Waals surface area (Å²) in [7, 11) is 0. The van der Waals surface area contributed by atoms with Crippen LogP contribution in [0.15, 0.2) is 217 Å². The molecule has 10 aromatic rings. The van der Waals surface area contributed by atoms with Crippen molar-refractivity contribution < 1.29 is 4.42 Å². The van der Waals surface area contributed by atoms with Crippen LogP contribution in [0.3, 0.4) is 0 Å². The van der Waals surface area contributed by atoms with E-state index >= 15 is 0 Å². The highest BCUT2D eigenvalue weighted by atomic mass is 16.3. The fourth-order valence-electron chi connectivity index (χ4n) is 7.88. The van der Waals surface area contributed by atoms with E-state index in [1.165, 1.54) is 38.6 Å². The third-order valence-electron chi connectivity index (χ3n) is 10.5. The molecule has 0 fully saturated rings. The van der Waals surface area contributed by atoms with Crippen molar-refractivity contribution in [3.63, 3.8) is 0 Å². The molecular formula is C52H35NO. The smallest absolute Gasteiger partial charge is 0.136 e. The van der Waals surface area contributed by atoms with Gasteiger partial charge >= 0.3 is 0 Å². The molecule has 0 saturated heterocycles. The second-order valence-electron chi connectivity index (χ2n) is 13.7. The monoisotopic (exact) mass is 689 g/mol. The number of fused-ring (bicyclic) bond motifs is 4. The van der Waals surface area contributed by atoms with E-state index in [1.807, 2.05) is 12.1 Å². The van der Waals surface area contributed by atoms with E-state index in [0.29, 0.717) is 0 Å². The second-order valence-corrected chi connectivity index (χ2v) is 13.7. The minimum absolute atomic E-state index is 0.896. The highest BCUT2D eigenvalue weighted by Gasteiger charge is 2.18. The first-order valence-electron chi connectivity index (χ1n) is 18.4. The molecule has 0 bridgehead atoms. The topological polar surface area (TPSA) is 16.4 Å². The molecule has 1 heterocycles. The van der Waals surface area contributed by atoms with Crippen LogP contribution in [-0.2, 0) is 0 Å². The van der Waals surface area contributed by atoms with Crippen molar-refractivity contribution >= 4 is 49.8 Å². The first-order valence-corrected chi connectivity index (χ1v) is 18.4. The highest BCUT2D eigenvalue weighted by molar-refractivity contribution is 6.14. The summed E-state index contributed by atoms with van der Waals surface area (Å²) in [5, 5.41) is 4.69. The van der Waals surface area contributed by atoms with Crippen molar-refractivity contribution in [3.8, 4) is 44.5 Å². The van der Waals surface area contributed by atoms with Crippen molar-refractivity contribution in [2.45, 2.75) is 0 Å². The van der Waals surface area contributed by atoms with E-state index in [4.69, 9.17) is 4.42 Å². The van der Waals surface area contributed by atoms with E-state index in [-0.39, 0.29) is 0 Å². The third kappa shape index (κ3) is 5.62. The van der Waals surface area contributed by atoms with Crippen molar-refractivity contribution in [2.24, 2.45) is 0 Å². The molecule has 0 aliphatic heterocycles. The van der Waals surface area contributed by atoms with Crippen LogP contribution in [0, 0.1) is 0 Å². The van der Waals surface area contributed by atoms with Gasteiger partial charge in [-0.05, 0) is 98.4 Å². The molecule has 0 unspecified atom stereocenters. The Hall–Kier alpha value is -7.16. The summed E-state index contributed by atoms with van der Waals surface area (Å²) in [6.07, 6.45) is 0. The summed E-state index contributed by atoms with van der Waals surface area (Å²) < 4.78 is 6.33. The summed E-state index contributed by atoms with van der Waals surface area (Å²) in [6, 6.07) is 75.9. The Bertz CT molecular complexity index is 2900. The second kappa shape index (κ2) is 13.4. The van der Waals surface area contributed by atoms with Crippen LogP contribution in [0.4, 0.5) is 17.1 Å². The van der Waals surface area contributed by atoms with Gasteiger partial charge in [0.2, 0.25) is 0 Å². The quantitative estimate of drug-likeness (QED) is 0.166. The zero-order valence-corrected chi connectivity index (χ0v) is 29.6. The Morgan fingerprint density at radius 3 is 1.59 bits per heavy atom. The van der Waals surface area contributed by atoms with Gasteiger partial charge < -0.3 is 9.32 Å². The predicted molar refractivity (Wildman–Crippen MR) is 228 cm³/mol. The van der Waals surface area contributed by atoms with Crippen molar-refractivity contribution in [2.75, 3.05) is 4.90 Å². The SMILES string of the molecule is c1ccc(-c2ccc(N(c3ccc(-c4ccc(-c5ccccc5)c(-c5cccc6oc7ccccc7c56)c4)cc3)c3cccc4ccccc34)cc2)cc1. The van der Waals surface area contributed by atoms with Gasteiger partial charge in [-0.25, -0.2) is 0 Å². The Balaban J connectivity index is 1.10. The van der Waals surface area contributed by atoms with E-state index in [0.717, 1.165) is 55.7 Å². The number of para-hydroxylation sites is 1. The van der Waals surface area contributed by atoms with Gasteiger partial charge in [-0.15, -0.1) is 0 Å². The maximum Gasteiger partial charge on any atom is 0.136 e. The van der Waals surface area contributed by atoms with Crippen LogP contribution >= 0.6 is 0 Å². The Morgan fingerprint density at radius 1 is 0.315 bits per heavy atom. The van der Waals surface area contributed by atoms with Gasteiger partial charge in [-0.3, -0.25) is 0 Å². The van der Waals surface area contributed by atoms with Gasteiger partial charge in [-0.2, -0.15) is 0 Å². The molecule has 1 aromatic heterocycles. The number of nitrogens with zero attached hydrogens (tertiary/aromatic N) is 1.